The van der Waals surface area contributed by atoms with E-state index in [0.717, 1.165) is 32.4 Å². The minimum absolute atomic E-state index is 0.212. The zero-order valence-electron chi connectivity index (χ0n) is 11.5. The fourth-order valence-electron chi connectivity index (χ4n) is 2.98. The molecule has 2 rings (SSSR count). The predicted molar refractivity (Wildman–Crippen MR) is 70.0 cm³/mol. The van der Waals surface area contributed by atoms with Gasteiger partial charge in [0.25, 0.3) is 0 Å². The lowest BCUT2D eigenvalue weighted by Gasteiger charge is -2.32. The fourth-order valence-corrected chi connectivity index (χ4v) is 2.98. The van der Waals surface area contributed by atoms with Crippen LogP contribution in [0.5, 0.6) is 0 Å². The molecule has 4 nitrogen and oxygen atoms in total. The van der Waals surface area contributed by atoms with Crippen molar-refractivity contribution in [3.05, 3.63) is 0 Å². The Hall–Kier alpha value is -1.06. The van der Waals surface area contributed by atoms with Gasteiger partial charge in [-0.3, -0.25) is 9.59 Å². The Balaban J connectivity index is 1.95. The number of fused-ring (bicyclic) bond motifs is 1. The molecule has 2 aliphatic rings. The zero-order chi connectivity index (χ0) is 13.1. The third-order valence-corrected chi connectivity index (χ3v) is 3.96. The minimum atomic E-state index is 0.212. The lowest BCUT2D eigenvalue weighted by molar-refractivity contribution is -0.137. The average molecular weight is 252 g/mol. The van der Waals surface area contributed by atoms with E-state index in [1.165, 1.54) is 0 Å². The largest absolute Gasteiger partial charge is 0.342 e. The normalized spacial score (nSPS) is 25.1. The smallest absolute Gasteiger partial charge is 0.224 e. The second-order valence-electron chi connectivity index (χ2n) is 5.90. The molecule has 0 bridgehead atoms. The van der Waals surface area contributed by atoms with Gasteiger partial charge in [-0.1, -0.05) is 13.8 Å². The molecule has 0 unspecified atom stereocenters. The van der Waals surface area contributed by atoms with Crippen molar-refractivity contribution in [3.63, 3.8) is 0 Å². The van der Waals surface area contributed by atoms with Crippen molar-refractivity contribution < 1.29 is 9.59 Å². The number of hydrogen-bond donors (Lipinski definition) is 0. The second kappa shape index (κ2) is 5.72. The molecule has 4 heteroatoms. The van der Waals surface area contributed by atoms with E-state index in [-0.39, 0.29) is 11.8 Å². The molecule has 2 aliphatic heterocycles. The van der Waals surface area contributed by atoms with E-state index < -0.39 is 0 Å². The lowest BCUT2D eigenvalue weighted by atomic mass is 10.1. The summed E-state index contributed by atoms with van der Waals surface area (Å²) in [5.41, 5.74) is 0. The van der Waals surface area contributed by atoms with Crippen molar-refractivity contribution in [2.24, 2.45) is 5.92 Å². The Morgan fingerprint density at radius 2 is 2.06 bits per heavy atom. The van der Waals surface area contributed by atoms with E-state index in [1.54, 1.807) is 0 Å². The molecule has 0 aliphatic carbocycles. The van der Waals surface area contributed by atoms with Gasteiger partial charge in [-0.15, -0.1) is 0 Å². The van der Waals surface area contributed by atoms with Gasteiger partial charge in [0.05, 0.1) is 0 Å². The molecule has 18 heavy (non-hydrogen) atoms. The first-order valence-corrected chi connectivity index (χ1v) is 7.15. The fraction of sp³-hybridized carbons (Fsp3) is 0.857. The van der Waals surface area contributed by atoms with Gasteiger partial charge in [-0.25, -0.2) is 0 Å². The highest BCUT2D eigenvalue weighted by Crippen LogP contribution is 2.23. The Bertz CT molecular complexity index is 328. The van der Waals surface area contributed by atoms with Crippen LogP contribution in [-0.4, -0.2) is 47.3 Å². The molecule has 2 fully saturated rings. The van der Waals surface area contributed by atoms with Crippen molar-refractivity contribution in [1.82, 2.24) is 9.80 Å². The highest BCUT2D eigenvalue weighted by atomic mass is 16.2. The second-order valence-corrected chi connectivity index (χ2v) is 5.90. The number of amides is 2. The van der Waals surface area contributed by atoms with E-state index >= 15 is 0 Å². The molecule has 0 N–H and O–H groups in total. The van der Waals surface area contributed by atoms with Crippen LogP contribution in [-0.2, 0) is 9.59 Å². The highest BCUT2D eigenvalue weighted by Gasteiger charge is 2.31. The summed E-state index contributed by atoms with van der Waals surface area (Å²) in [6.45, 7) is 6.47. The third-order valence-electron chi connectivity index (χ3n) is 3.96. The number of rotatable bonds is 2. The maximum Gasteiger partial charge on any atom is 0.224 e. The SMILES string of the molecule is CC(C)CC(=O)N1CCC(=O)N2CCC[C@@H]2CC1. The average Bonchev–Trinajstić information content (AvgIpc) is 2.73. The number of carbonyl (C=O) groups excluding carboxylic acids is 2. The van der Waals surface area contributed by atoms with Crippen LogP contribution < -0.4 is 0 Å². The lowest BCUT2D eigenvalue weighted by Crippen LogP contribution is -2.45. The summed E-state index contributed by atoms with van der Waals surface area (Å²) in [5.74, 6) is 0.838. The minimum Gasteiger partial charge on any atom is -0.342 e. The van der Waals surface area contributed by atoms with Crippen LogP contribution in [0.25, 0.3) is 0 Å². The molecule has 0 radical (unpaired) electrons. The van der Waals surface area contributed by atoms with Crippen molar-refractivity contribution in [1.29, 1.82) is 0 Å². The first-order valence-electron chi connectivity index (χ1n) is 7.15. The molecule has 0 saturated carbocycles. The van der Waals surface area contributed by atoms with Gasteiger partial charge in [0, 0.05) is 38.5 Å². The molecule has 0 aromatic carbocycles. The molecule has 0 aromatic heterocycles. The Morgan fingerprint density at radius 1 is 1.28 bits per heavy atom. The standard InChI is InChI=1S/C14H24N2O2/c1-11(2)10-14(18)15-8-5-12-4-3-7-16(12)13(17)6-9-15/h11-12H,3-10H2,1-2H3/t12-/m1/s1. The molecule has 1 atom stereocenters. The summed E-state index contributed by atoms with van der Waals surface area (Å²) in [5, 5.41) is 0. The summed E-state index contributed by atoms with van der Waals surface area (Å²) in [7, 11) is 0. The first-order chi connectivity index (χ1) is 8.58. The number of hydrogen-bond acceptors (Lipinski definition) is 2. The Kier molecular flexibility index (Phi) is 4.25. The van der Waals surface area contributed by atoms with E-state index in [1.807, 2.05) is 9.80 Å². The van der Waals surface area contributed by atoms with Crippen LogP contribution in [0.2, 0.25) is 0 Å². The van der Waals surface area contributed by atoms with Gasteiger partial charge in [0.2, 0.25) is 11.8 Å². The predicted octanol–water partition coefficient (Wildman–Crippen LogP) is 1.65. The van der Waals surface area contributed by atoms with Gasteiger partial charge < -0.3 is 9.80 Å². The quantitative estimate of drug-likeness (QED) is 0.749. The van der Waals surface area contributed by atoms with Crippen molar-refractivity contribution in [3.8, 4) is 0 Å². The van der Waals surface area contributed by atoms with E-state index in [4.69, 9.17) is 0 Å². The summed E-state index contributed by atoms with van der Waals surface area (Å²) in [6, 6.07) is 0.382. The van der Waals surface area contributed by atoms with E-state index in [0.29, 0.717) is 31.3 Å². The summed E-state index contributed by atoms with van der Waals surface area (Å²) in [4.78, 5) is 28.0. The molecule has 2 heterocycles. The molecule has 102 valence electrons. The van der Waals surface area contributed by atoms with Crippen LogP contribution in [0.3, 0.4) is 0 Å². The van der Waals surface area contributed by atoms with Crippen LogP contribution in [0, 0.1) is 5.92 Å². The van der Waals surface area contributed by atoms with Crippen LogP contribution in [0.4, 0.5) is 0 Å². The molecule has 2 saturated heterocycles. The topological polar surface area (TPSA) is 40.6 Å². The van der Waals surface area contributed by atoms with E-state index in [2.05, 4.69) is 13.8 Å². The van der Waals surface area contributed by atoms with Gasteiger partial charge in [0.15, 0.2) is 0 Å². The Morgan fingerprint density at radius 3 is 2.78 bits per heavy atom. The first kappa shape index (κ1) is 13.4. The van der Waals surface area contributed by atoms with Crippen molar-refractivity contribution in [2.45, 2.75) is 52.0 Å². The van der Waals surface area contributed by atoms with E-state index in [9.17, 15) is 9.59 Å². The van der Waals surface area contributed by atoms with Crippen LogP contribution in [0.1, 0.15) is 46.0 Å². The van der Waals surface area contributed by atoms with Gasteiger partial charge in [-0.2, -0.15) is 0 Å². The summed E-state index contributed by atoms with van der Waals surface area (Å²) in [6.07, 6.45) is 4.28. The zero-order valence-corrected chi connectivity index (χ0v) is 11.5. The Labute approximate surface area is 109 Å². The maximum absolute atomic E-state index is 12.1. The molecule has 0 spiro atoms. The number of nitrogens with zero attached hydrogens (tertiary/aromatic N) is 2. The molecular formula is C14H24N2O2. The van der Waals surface area contributed by atoms with Crippen molar-refractivity contribution in [2.75, 3.05) is 19.6 Å². The van der Waals surface area contributed by atoms with Crippen molar-refractivity contribution >= 4 is 11.8 Å². The molecule has 0 aromatic rings. The molecule has 2 amide bonds. The third kappa shape index (κ3) is 3.03. The summed E-state index contributed by atoms with van der Waals surface area (Å²) < 4.78 is 0. The van der Waals surface area contributed by atoms with Gasteiger partial charge in [0.1, 0.15) is 0 Å². The van der Waals surface area contributed by atoms with Gasteiger partial charge in [-0.05, 0) is 25.2 Å². The monoisotopic (exact) mass is 252 g/mol. The van der Waals surface area contributed by atoms with Gasteiger partial charge >= 0.3 is 0 Å². The van der Waals surface area contributed by atoms with Crippen LogP contribution >= 0.6 is 0 Å². The van der Waals surface area contributed by atoms with Crippen LogP contribution in [0.15, 0.2) is 0 Å². The number of carbonyl (C=O) groups is 2. The summed E-state index contributed by atoms with van der Waals surface area (Å²) >= 11 is 0. The maximum atomic E-state index is 12.1. The molecular weight excluding hydrogens is 228 g/mol. The highest BCUT2D eigenvalue weighted by molar-refractivity contribution is 5.80.